The summed E-state index contributed by atoms with van der Waals surface area (Å²) < 4.78 is 0. The molecule has 0 bridgehead atoms. The summed E-state index contributed by atoms with van der Waals surface area (Å²) in [6.45, 7) is 0. The van der Waals surface area contributed by atoms with Gasteiger partial charge in [-0.3, -0.25) is 9.59 Å². The normalized spacial score (nSPS) is 14.1. The highest BCUT2D eigenvalue weighted by Crippen LogP contribution is 2.26. The summed E-state index contributed by atoms with van der Waals surface area (Å²) in [4.78, 5) is 22.9. The average molecular weight is 224 g/mol. The van der Waals surface area contributed by atoms with Crippen LogP contribution < -0.4 is 0 Å². The van der Waals surface area contributed by atoms with Crippen LogP contribution in [-0.2, 0) is 4.79 Å². The van der Waals surface area contributed by atoms with Crippen molar-refractivity contribution in [3.63, 3.8) is 0 Å². The Morgan fingerprint density at radius 1 is 0.882 bits per heavy atom. The topological polar surface area (TPSA) is 54.4 Å². The highest BCUT2D eigenvalue weighted by molar-refractivity contribution is 6.50. The third kappa shape index (κ3) is 1.44. The summed E-state index contributed by atoms with van der Waals surface area (Å²) in [5.74, 6) is -0.784. The van der Waals surface area contributed by atoms with E-state index in [-0.39, 0.29) is 5.75 Å². The second-order valence-electron chi connectivity index (χ2n) is 4.00. The third-order valence-corrected chi connectivity index (χ3v) is 2.87. The first kappa shape index (κ1) is 9.78. The Labute approximate surface area is 97.0 Å². The number of benzene rings is 2. The molecule has 0 aliphatic heterocycles. The van der Waals surface area contributed by atoms with Gasteiger partial charge in [-0.25, -0.2) is 0 Å². The fraction of sp³-hybridized carbons (Fsp3) is 0. The maximum atomic E-state index is 11.7. The minimum Gasteiger partial charge on any atom is -0.508 e. The van der Waals surface area contributed by atoms with Crippen LogP contribution in [0.2, 0.25) is 0 Å². The second kappa shape index (κ2) is 3.28. The molecule has 1 aliphatic carbocycles. The number of carbonyl (C=O) groups is 2. The molecule has 0 aromatic heterocycles. The Morgan fingerprint density at radius 2 is 1.71 bits per heavy atom. The Kier molecular flexibility index (Phi) is 1.89. The van der Waals surface area contributed by atoms with E-state index in [1.165, 1.54) is 6.08 Å². The zero-order chi connectivity index (χ0) is 12.0. The number of carbonyl (C=O) groups excluding carboxylic acids is 2. The number of Topliss-reactive ketones (excluding diaryl/α,β-unsaturated/α-hetero) is 1. The molecule has 2 aromatic rings. The predicted molar refractivity (Wildman–Crippen MR) is 64.0 cm³/mol. The van der Waals surface area contributed by atoms with Gasteiger partial charge >= 0.3 is 0 Å². The summed E-state index contributed by atoms with van der Waals surface area (Å²) in [7, 11) is 0. The molecule has 82 valence electrons. The predicted octanol–water partition coefficient (Wildman–Crippen LogP) is 2.32. The highest BCUT2D eigenvalue weighted by Gasteiger charge is 2.21. The van der Waals surface area contributed by atoms with E-state index in [9.17, 15) is 14.7 Å². The van der Waals surface area contributed by atoms with Crippen LogP contribution in [0.15, 0.2) is 36.4 Å². The summed E-state index contributed by atoms with van der Waals surface area (Å²) >= 11 is 0. The van der Waals surface area contributed by atoms with Gasteiger partial charge in [0.2, 0.25) is 11.6 Å². The lowest BCUT2D eigenvalue weighted by atomic mass is 9.92. The van der Waals surface area contributed by atoms with Gasteiger partial charge < -0.3 is 5.11 Å². The number of allylic oxidation sites excluding steroid dienone is 1. The van der Waals surface area contributed by atoms with Crippen LogP contribution in [0.25, 0.3) is 16.8 Å². The lowest BCUT2D eigenvalue weighted by molar-refractivity contribution is -0.110. The minimum absolute atomic E-state index is 0.180. The zero-order valence-electron chi connectivity index (χ0n) is 8.81. The van der Waals surface area contributed by atoms with Gasteiger partial charge in [0.25, 0.3) is 0 Å². The van der Waals surface area contributed by atoms with Crippen molar-refractivity contribution in [3.05, 3.63) is 47.5 Å². The Morgan fingerprint density at radius 3 is 2.53 bits per heavy atom. The van der Waals surface area contributed by atoms with Crippen molar-refractivity contribution < 1.29 is 14.7 Å². The first-order valence-electron chi connectivity index (χ1n) is 5.19. The maximum Gasteiger partial charge on any atom is 0.233 e. The fourth-order valence-electron chi connectivity index (χ4n) is 2.01. The molecular weight excluding hydrogens is 216 g/mol. The van der Waals surface area contributed by atoms with Gasteiger partial charge in [0, 0.05) is 5.56 Å². The van der Waals surface area contributed by atoms with E-state index in [1.54, 1.807) is 36.4 Å². The standard InChI is InChI=1S/C14H8O3/c15-11-3-1-8-7-12-9(5-10(8)6-11)2-4-13(16)14(12)17/h1-7,15H. The third-order valence-electron chi connectivity index (χ3n) is 2.87. The highest BCUT2D eigenvalue weighted by atomic mass is 16.3. The molecule has 3 heteroatoms. The van der Waals surface area contributed by atoms with Gasteiger partial charge in [-0.1, -0.05) is 12.1 Å². The average Bonchev–Trinajstić information content (AvgIpc) is 2.32. The van der Waals surface area contributed by atoms with Crippen molar-refractivity contribution in [2.24, 2.45) is 0 Å². The first-order valence-corrected chi connectivity index (χ1v) is 5.19. The van der Waals surface area contributed by atoms with E-state index in [0.717, 1.165) is 10.8 Å². The fourth-order valence-corrected chi connectivity index (χ4v) is 2.01. The molecule has 0 atom stereocenters. The maximum absolute atomic E-state index is 11.7. The number of aromatic hydroxyl groups is 1. The lowest BCUT2D eigenvalue weighted by Crippen LogP contribution is -2.15. The molecule has 1 N–H and O–H groups in total. The first-order chi connectivity index (χ1) is 8.15. The number of fused-ring (bicyclic) bond motifs is 2. The number of rotatable bonds is 0. The molecule has 0 saturated heterocycles. The summed E-state index contributed by atoms with van der Waals surface area (Å²) in [6, 6.07) is 8.39. The Hall–Kier alpha value is -2.42. The van der Waals surface area contributed by atoms with Gasteiger partial charge in [0.1, 0.15) is 5.75 Å². The molecule has 0 saturated carbocycles. The summed E-state index contributed by atoms with van der Waals surface area (Å²) in [5.41, 5.74) is 1.14. The molecule has 0 radical (unpaired) electrons. The van der Waals surface area contributed by atoms with Crippen molar-refractivity contribution in [2.45, 2.75) is 0 Å². The van der Waals surface area contributed by atoms with Gasteiger partial charge in [-0.15, -0.1) is 0 Å². The summed E-state index contributed by atoms with van der Waals surface area (Å²) in [6.07, 6.45) is 2.90. The number of phenols is 1. The smallest absolute Gasteiger partial charge is 0.233 e. The molecule has 2 aromatic carbocycles. The lowest BCUT2D eigenvalue weighted by Gasteiger charge is -2.10. The van der Waals surface area contributed by atoms with E-state index in [4.69, 9.17) is 0 Å². The number of hydrogen-bond donors (Lipinski definition) is 1. The largest absolute Gasteiger partial charge is 0.508 e. The van der Waals surface area contributed by atoms with Crippen molar-refractivity contribution in [1.82, 2.24) is 0 Å². The quantitative estimate of drug-likeness (QED) is 0.699. The van der Waals surface area contributed by atoms with Crippen LogP contribution in [0.5, 0.6) is 5.75 Å². The molecule has 0 spiro atoms. The summed E-state index contributed by atoms with van der Waals surface area (Å²) in [5, 5.41) is 11.1. The van der Waals surface area contributed by atoms with Crippen LogP contribution in [0.1, 0.15) is 15.9 Å². The number of ketones is 2. The van der Waals surface area contributed by atoms with Crippen LogP contribution in [0, 0.1) is 0 Å². The van der Waals surface area contributed by atoms with Crippen molar-refractivity contribution in [3.8, 4) is 5.75 Å². The van der Waals surface area contributed by atoms with Crippen LogP contribution in [0.3, 0.4) is 0 Å². The van der Waals surface area contributed by atoms with E-state index < -0.39 is 11.6 Å². The minimum atomic E-state index is -0.490. The second-order valence-corrected chi connectivity index (χ2v) is 4.00. The van der Waals surface area contributed by atoms with Crippen molar-refractivity contribution in [1.29, 1.82) is 0 Å². The van der Waals surface area contributed by atoms with E-state index in [2.05, 4.69) is 0 Å². The molecule has 0 fully saturated rings. The van der Waals surface area contributed by atoms with Crippen LogP contribution >= 0.6 is 0 Å². The molecule has 1 aliphatic rings. The molecule has 0 amide bonds. The molecule has 3 rings (SSSR count). The van der Waals surface area contributed by atoms with Crippen LogP contribution in [-0.4, -0.2) is 16.7 Å². The van der Waals surface area contributed by atoms with Gasteiger partial charge in [0.05, 0.1) is 0 Å². The van der Waals surface area contributed by atoms with Gasteiger partial charge in [-0.2, -0.15) is 0 Å². The number of phenolic OH excluding ortho intramolecular Hbond substituents is 1. The molecule has 3 nitrogen and oxygen atoms in total. The van der Waals surface area contributed by atoms with Crippen molar-refractivity contribution in [2.75, 3.05) is 0 Å². The van der Waals surface area contributed by atoms with E-state index in [1.807, 2.05) is 0 Å². The van der Waals surface area contributed by atoms with Gasteiger partial charge in [-0.05, 0) is 46.7 Å². The number of hydrogen-bond acceptors (Lipinski definition) is 3. The van der Waals surface area contributed by atoms with Gasteiger partial charge in [0.15, 0.2) is 0 Å². The Balaban J connectivity index is 2.35. The molecule has 0 heterocycles. The van der Waals surface area contributed by atoms with Crippen LogP contribution in [0.4, 0.5) is 0 Å². The molecule has 0 unspecified atom stereocenters. The molecule has 17 heavy (non-hydrogen) atoms. The van der Waals surface area contributed by atoms with E-state index in [0.29, 0.717) is 11.1 Å². The molecular formula is C14H8O3. The van der Waals surface area contributed by atoms with E-state index >= 15 is 0 Å². The SMILES string of the molecule is O=C1C=Cc2cc3cc(O)ccc3cc2C1=O. The monoisotopic (exact) mass is 224 g/mol. The Bertz CT molecular complexity index is 696. The van der Waals surface area contributed by atoms with Crippen molar-refractivity contribution >= 4 is 28.4 Å². The zero-order valence-corrected chi connectivity index (χ0v) is 8.81.